The zero-order valence-corrected chi connectivity index (χ0v) is 19.1. The van der Waals surface area contributed by atoms with E-state index in [0.717, 1.165) is 0 Å². The third-order valence-corrected chi connectivity index (χ3v) is 13.7. The molecule has 1 saturated carbocycles. The van der Waals surface area contributed by atoms with Crippen molar-refractivity contribution in [3.63, 3.8) is 0 Å². The van der Waals surface area contributed by atoms with E-state index in [1.54, 1.807) is 0 Å². The van der Waals surface area contributed by atoms with Crippen LogP contribution in [0.4, 0.5) is 8.78 Å². The molecule has 0 spiro atoms. The van der Waals surface area contributed by atoms with E-state index in [1.807, 2.05) is 54.6 Å². The summed E-state index contributed by atoms with van der Waals surface area (Å²) in [5.74, 6) is 0. The second-order valence-corrected chi connectivity index (χ2v) is 13.4. The number of alkyl halides is 2. The summed E-state index contributed by atoms with van der Waals surface area (Å²) >= 11 is 0. The molecule has 4 rings (SSSR count). The van der Waals surface area contributed by atoms with E-state index in [-0.39, 0.29) is 42.5 Å². The first-order chi connectivity index (χ1) is 13.1. The van der Waals surface area contributed by atoms with Crippen LogP contribution in [0.1, 0.15) is 12.8 Å². The molecule has 1 aliphatic rings. The van der Waals surface area contributed by atoms with Crippen LogP contribution < -0.4 is 15.9 Å². The molecule has 0 aliphatic heterocycles. The summed E-state index contributed by atoms with van der Waals surface area (Å²) in [5, 5.41) is 3.60. The zero-order chi connectivity index (χ0) is 18.9. The Morgan fingerprint density at radius 1 is 0.607 bits per heavy atom. The summed E-state index contributed by atoms with van der Waals surface area (Å²) in [7, 11) is 0. The van der Waals surface area contributed by atoms with Crippen LogP contribution in [0.2, 0.25) is 0 Å². The smallest absolute Gasteiger partial charge is 0.107 e. The van der Waals surface area contributed by atoms with Crippen LogP contribution in [-0.2, 0) is 0 Å². The van der Waals surface area contributed by atoms with Gasteiger partial charge in [0.1, 0.15) is 0 Å². The Morgan fingerprint density at radius 2 is 0.893 bits per heavy atom. The van der Waals surface area contributed by atoms with Gasteiger partial charge in [0.15, 0.2) is 0 Å². The van der Waals surface area contributed by atoms with Gasteiger partial charge in [-0.25, -0.2) is 0 Å². The summed E-state index contributed by atoms with van der Waals surface area (Å²) in [5.41, 5.74) is -0.0619. The molecule has 0 amide bonds. The average molecular weight is 510 g/mol. The Labute approximate surface area is 183 Å². The van der Waals surface area contributed by atoms with Gasteiger partial charge in [-0.3, -0.25) is 0 Å². The molecular formula is C24H26F2IP. The van der Waals surface area contributed by atoms with Crippen LogP contribution in [0, 0.1) is 0 Å². The number of halogens is 3. The van der Waals surface area contributed by atoms with Crippen molar-refractivity contribution < 1.29 is 8.78 Å². The molecule has 0 bridgehead atoms. The second-order valence-electron chi connectivity index (χ2n) is 7.82. The van der Waals surface area contributed by atoms with Gasteiger partial charge in [-0.05, 0) is 0 Å². The van der Waals surface area contributed by atoms with Gasteiger partial charge in [-0.1, -0.05) is 0 Å². The first-order valence-electron chi connectivity index (χ1n) is 9.51. The topological polar surface area (TPSA) is 0 Å². The van der Waals surface area contributed by atoms with Crippen molar-refractivity contribution in [1.29, 1.82) is 0 Å². The van der Waals surface area contributed by atoms with E-state index >= 15 is 0 Å². The fraction of sp³-hybridized carbons (Fsp3) is 0.250. The van der Waals surface area contributed by atoms with E-state index in [1.165, 1.54) is 15.9 Å². The Morgan fingerprint density at radius 3 is 1.18 bits per heavy atom. The van der Waals surface area contributed by atoms with Crippen LogP contribution in [0.15, 0.2) is 91.0 Å². The summed E-state index contributed by atoms with van der Waals surface area (Å²) in [6.07, 6.45) is -2.22. The molecule has 0 heterocycles. The first-order valence-corrected chi connectivity index (χ1v) is 12.3. The second kappa shape index (κ2) is 8.20. The van der Waals surface area contributed by atoms with Crippen molar-refractivity contribution in [3.8, 4) is 0 Å². The molecule has 1 fully saturated rings. The molecule has 0 saturated heterocycles. The number of rotatable bonds is 4. The molecule has 28 heavy (non-hydrogen) atoms. The minimum atomic E-state index is -3.07. The zero-order valence-electron chi connectivity index (χ0n) is 15.9. The van der Waals surface area contributed by atoms with Crippen molar-refractivity contribution in [1.82, 2.24) is 0 Å². The summed E-state index contributed by atoms with van der Waals surface area (Å²) in [4.78, 5) is 0. The SMILES string of the molecule is CP(c1ccccc1)(c1ccccc1)(c1ccccc1)[C@H]1C[C@@H](F)[C@@H](F)C1.I. The predicted octanol–water partition coefficient (Wildman–Crippen LogP) is 5.60. The van der Waals surface area contributed by atoms with E-state index < -0.39 is 18.9 Å². The minimum absolute atomic E-state index is 0. The number of benzene rings is 3. The molecule has 0 aromatic heterocycles. The van der Waals surface area contributed by atoms with Crippen molar-refractivity contribution >= 4 is 46.5 Å². The number of hydrogen-bond donors (Lipinski definition) is 0. The van der Waals surface area contributed by atoms with Gasteiger partial charge in [0.25, 0.3) is 0 Å². The maximum absolute atomic E-state index is 14.5. The standard InChI is InChI=1S/C24H25F2P.HI/c1-27(19-11-5-2-6-12-19,20-13-7-3-8-14-20,21-15-9-4-10-16-21)22-17-23(25)24(26)18-22;/h2-16,22-24H,17-18H2,1H3;1H/t22-,23+,24-;. The Balaban J connectivity index is 0.00000225. The maximum atomic E-state index is 14.5. The van der Waals surface area contributed by atoms with Gasteiger partial charge < -0.3 is 0 Å². The third-order valence-electron chi connectivity index (χ3n) is 6.56. The molecule has 0 radical (unpaired) electrons. The fourth-order valence-corrected chi connectivity index (χ4v) is 11.4. The molecule has 0 unspecified atom stereocenters. The van der Waals surface area contributed by atoms with Gasteiger partial charge in [0.05, 0.1) is 0 Å². The molecule has 3 atom stereocenters. The monoisotopic (exact) mass is 510 g/mol. The molecule has 3 aromatic rings. The van der Waals surface area contributed by atoms with Crippen LogP contribution in [-0.4, -0.2) is 24.7 Å². The van der Waals surface area contributed by atoms with Gasteiger partial charge in [0, 0.05) is 0 Å². The van der Waals surface area contributed by atoms with Gasteiger partial charge in [-0.15, -0.1) is 24.0 Å². The first kappa shape index (κ1) is 21.4. The number of hydrogen-bond acceptors (Lipinski definition) is 0. The van der Waals surface area contributed by atoms with Crippen LogP contribution >= 0.6 is 30.6 Å². The Kier molecular flexibility index (Phi) is 6.26. The fourth-order valence-electron chi connectivity index (χ4n) is 4.95. The predicted molar refractivity (Wildman–Crippen MR) is 129 cm³/mol. The molecule has 4 heteroatoms. The molecule has 3 aromatic carbocycles. The molecular weight excluding hydrogens is 484 g/mol. The van der Waals surface area contributed by atoms with Crippen LogP contribution in [0.5, 0.6) is 0 Å². The van der Waals surface area contributed by atoms with E-state index in [9.17, 15) is 8.78 Å². The Hall–Kier alpha value is -1.32. The Bertz CT molecular complexity index is 792. The van der Waals surface area contributed by atoms with Gasteiger partial charge >= 0.3 is 160 Å². The third kappa shape index (κ3) is 3.11. The molecule has 0 N–H and O–H groups in total. The maximum Gasteiger partial charge on any atom is -0.107 e. The van der Waals surface area contributed by atoms with E-state index in [2.05, 4.69) is 43.1 Å². The summed E-state index contributed by atoms with van der Waals surface area (Å²) < 4.78 is 28.9. The van der Waals surface area contributed by atoms with Crippen LogP contribution in [0.25, 0.3) is 0 Å². The van der Waals surface area contributed by atoms with Crippen molar-refractivity contribution in [2.45, 2.75) is 30.8 Å². The van der Waals surface area contributed by atoms with Gasteiger partial charge in [-0.2, -0.15) is 0 Å². The van der Waals surface area contributed by atoms with Crippen molar-refractivity contribution in [2.75, 3.05) is 6.66 Å². The molecule has 148 valence electrons. The van der Waals surface area contributed by atoms with Gasteiger partial charge in [0.2, 0.25) is 0 Å². The quantitative estimate of drug-likeness (QED) is 0.317. The largest absolute Gasteiger partial charge is 0.107 e. The minimum Gasteiger partial charge on any atom is -0.107 e. The van der Waals surface area contributed by atoms with E-state index in [0.29, 0.717) is 0 Å². The summed E-state index contributed by atoms with van der Waals surface area (Å²) in [6.45, 7) is -0.766. The van der Waals surface area contributed by atoms with Crippen molar-refractivity contribution in [3.05, 3.63) is 91.0 Å². The molecule has 0 nitrogen and oxygen atoms in total. The van der Waals surface area contributed by atoms with E-state index in [4.69, 9.17) is 0 Å². The summed E-state index contributed by atoms with van der Waals surface area (Å²) in [6, 6.07) is 31.2. The normalized spacial score (nSPS) is 23.4. The van der Waals surface area contributed by atoms with Crippen LogP contribution in [0.3, 0.4) is 0 Å². The van der Waals surface area contributed by atoms with Crippen molar-refractivity contribution in [2.24, 2.45) is 0 Å². The average Bonchev–Trinajstić information content (AvgIpc) is 3.09. The molecule has 1 aliphatic carbocycles.